The van der Waals surface area contributed by atoms with Gasteiger partial charge in [0.15, 0.2) is 5.78 Å². The van der Waals surface area contributed by atoms with Gasteiger partial charge in [-0.25, -0.2) is 4.68 Å². The lowest BCUT2D eigenvalue weighted by molar-refractivity contribution is -0.117. The number of Topliss-reactive ketones (excluding diaryl/α,β-unsaturated/α-hetero) is 1. The topological polar surface area (TPSA) is 93.9 Å². The van der Waals surface area contributed by atoms with Crippen LogP contribution in [-0.2, 0) is 11.3 Å². The number of carbonyl (C=O) groups is 2. The molecule has 26 heavy (non-hydrogen) atoms. The summed E-state index contributed by atoms with van der Waals surface area (Å²) in [4.78, 5) is 39.7. The normalized spacial score (nSPS) is 10.3. The van der Waals surface area contributed by atoms with Crippen molar-refractivity contribution < 1.29 is 9.59 Å². The lowest BCUT2D eigenvalue weighted by Gasteiger charge is -2.09. The molecule has 1 aromatic carbocycles. The fourth-order valence-corrected chi connectivity index (χ4v) is 2.38. The number of aromatic nitrogens is 3. The van der Waals surface area contributed by atoms with Crippen molar-refractivity contribution in [1.29, 1.82) is 0 Å². The Bertz CT molecular complexity index is 1010. The van der Waals surface area contributed by atoms with E-state index in [4.69, 9.17) is 0 Å². The van der Waals surface area contributed by atoms with Gasteiger partial charge in [0.2, 0.25) is 5.91 Å². The third-order valence-corrected chi connectivity index (χ3v) is 3.67. The summed E-state index contributed by atoms with van der Waals surface area (Å²) in [6.07, 6.45) is 3.27. The van der Waals surface area contributed by atoms with Crippen molar-refractivity contribution in [3.8, 4) is 11.3 Å². The fraction of sp³-hybridized carbons (Fsp3) is 0.105. The van der Waals surface area contributed by atoms with Crippen LogP contribution in [0.15, 0.2) is 65.7 Å². The van der Waals surface area contributed by atoms with E-state index in [0.29, 0.717) is 16.9 Å². The molecule has 0 atom stereocenters. The number of hydrogen-bond donors (Lipinski definition) is 1. The number of amides is 1. The predicted octanol–water partition coefficient (Wildman–Crippen LogP) is 2.15. The minimum Gasteiger partial charge on any atom is -0.324 e. The van der Waals surface area contributed by atoms with E-state index in [0.717, 1.165) is 10.2 Å². The lowest BCUT2D eigenvalue weighted by atomic mass is 10.1. The van der Waals surface area contributed by atoms with Gasteiger partial charge in [-0.05, 0) is 37.3 Å². The van der Waals surface area contributed by atoms with Crippen LogP contribution in [0.3, 0.4) is 0 Å². The van der Waals surface area contributed by atoms with Crippen LogP contribution in [0, 0.1) is 0 Å². The summed E-state index contributed by atoms with van der Waals surface area (Å²) in [5.41, 5.74) is 1.89. The molecule has 0 radical (unpaired) electrons. The van der Waals surface area contributed by atoms with E-state index in [9.17, 15) is 14.4 Å². The fourth-order valence-electron chi connectivity index (χ4n) is 2.38. The minimum atomic E-state index is -0.413. The SMILES string of the molecule is CC(=O)c1cccc(NC(=O)Cn2nc(-c3cccnc3)ccc2=O)c1. The molecular formula is C19H16N4O3. The van der Waals surface area contributed by atoms with E-state index >= 15 is 0 Å². The zero-order valence-corrected chi connectivity index (χ0v) is 14.0. The Labute approximate surface area is 149 Å². The highest BCUT2D eigenvalue weighted by atomic mass is 16.2. The van der Waals surface area contributed by atoms with Gasteiger partial charge in [0.1, 0.15) is 6.54 Å². The van der Waals surface area contributed by atoms with Gasteiger partial charge in [0, 0.05) is 35.3 Å². The van der Waals surface area contributed by atoms with Crippen LogP contribution < -0.4 is 10.9 Å². The standard InChI is InChI=1S/C19H16N4O3/c1-13(24)14-4-2-6-16(10-14)21-18(25)12-23-19(26)8-7-17(22-23)15-5-3-9-20-11-15/h2-11H,12H2,1H3,(H,21,25). The van der Waals surface area contributed by atoms with Gasteiger partial charge < -0.3 is 5.32 Å². The van der Waals surface area contributed by atoms with E-state index in [1.165, 1.54) is 13.0 Å². The quantitative estimate of drug-likeness (QED) is 0.713. The van der Waals surface area contributed by atoms with Crippen LogP contribution >= 0.6 is 0 Å². The summed E-state index contributed by atoms with van der Waals surface area (Å²) in [7, 11) is 0. The van der Waals surface area contributed by atoms with Gasteiger partial charge in [-0.3, -0.25) is 19.4 Å². The van der Waals surface area contributed by atoms with Crippen LogP contribution in [0.25, 0.3) is 11.3 Å². The van der Waals surface area contributed by atoms with Crippen LogP contribution in [0.5, 0.6) is 0 Å². The number of ketones is 1. The van der Waals surface area contributed by atoms with Crippen molar-refractivity contribution in [3.05, 3.63) is 76.8 Å². The number of benzene rings is 1. The second-order valence-corrected chi connectivity index (χ2v) is 5.64. The highest BCUT2D eigenvalue weighted by Crippen LogP contribution is 2.13. The van der Waals surface area contributed by atoms with Gasteiger partial charge in [-0.2, -0.15) is 5.10 Å². The molecular weight excluding hydrogens is 332 g/mol. The summed E-state index contributed by atoms with van der Waals surface area (Å²) in [6.45, 7) is 1.21. The third-order valence-electron chi connectivity index (χ3n) is 3.67. The molecule has 0 saturated heterocycles. The van der Waals surface area contributed by atoms with E-state index in [2.05, 4.69) is 15.4 Å². The average molecular weight is 348 g/mol. The number of carbonyl (C=O) groups excluding carboxylic acids is 2. The molecule has 2 heterocycles. The summed E-state index contributed by atoms with van der Waals surface area (Å²) in [5, 5.41) is 6.89. The van der Waals surface area contributed by atoms with Crippen molar-refractivity contribution in [3.63, 3.8) is 0 Å². The van der Waals surface area contributed by atoms with Crippen LogP contribution in [0.2, 0.25) is 0 Å². The first-order chi connectivity index (χ1) is 12.5. The molecule has 0 aliphatic rings. The number of pyridine rings is 1. The van der Waals surface area contributed by atoms with Gasteiger partial charge >= 0.3 is 0 Å². The maximum Gasteiger partial charge on any atom is 0.267 e. The Hall–Kier alpha value is -3.61. The molecule has 0 aliphatic carbocycles. The van der Waals surface area contributed by atoms with Gasteiger partial charge in [0.25, 0.3) is 5.56 Å². The minimum absolute atomic E-state index is 0.0943. The van der Waals surface area contributed by atoms with E-state index < -0.39 is 5.91 Å². The molecule has 0 saturated carbocycles. The summed E-state index contributed by atoms with van der Waals surface area (Å²) in [5.74, 6) is -0.508. The van der Waals surface area contributed by atoms with E-state index in [-0.39, 0.29) is 17.9 Å². The molecule has 3 aromatic rings. The molecule has 130 valence electrons. The van der Waals surface area contributed by atoms with Crippen molar-refractivity contribution in [2.45, 2.75) is 13.5 Å². The van der Waals surface area contributed by atoms with Gasteiger partial charge in [0.05, 0.1) is 5.69 Å². The monoisotopic (exact) mass is 348 g/mol. The largest absolute Gasteiger partial charge is 0.324 e. The average Bonchev–Trinajstić information content (AvgIpc) is 2.64. The van der Waals surface area contributed by atoms with Crippen LogP contribution in [0.1, 0.15) is 17.3 Å². The number of rotatable bonds is 5. The molecule has 0 spiro atoms. The Morgan fingerprint density at radius 2 is 1.96 bits per heavy atom. The van der Waals surface area contributed by atoms with Crippen molar-refractivity contribution in [2.24, 2.45) is 0 Å². The summed E-state index contributed by atoms with van der Waals surface area (Å²) >= 11 is 0. The molecule has 7 heteroatoms. The molecule has 7 nitrogen and oxygen atoms in total. The first-order valence-corrected chi connectivity index (χ1v) is 7.92. The maximum absolute atomic E-state index is 12.3. The highest BCUT2D eigenvalue weighted by Gasteiger charge is 2.09. The van der Waals surface area contributed by atoms with Crippen LogP contribution in [-0.4, -0.2) is 26.5 Å². The molecule has 1 amide bonds. The Morgan fingerprint density at radius 3 is 2.69 bits per heavy atom. The van der Waals surface area contributed by atoms with E-state index in [1.54, 1.807) is 48.8 Å². The number of nitrogens with zero attached hydrogens (tertiary/aromatic N) is 3. The Kier molecular flexibility index (Phi) is 4.98. The summed E-state index contributed by atoms with van der Waals surface area (Å²) in [6, 6.07) is 13.1. The predicted molar refractivity (Wildman–Crippen MR) is 96.8 cm³/mol. The van der Waals surface area contributed by atoms with Crippen molar-refractivity contribution >= 4 is 17.4 Å². The molecule has 0 fully saturated rings. The first-order valence-electron chi connectivity index (χ1n) is 7.92. The van der Waals surface area contributed by atoms with Gasteiger partial charge in [-0.15, -0.1) is 0 Å². The lowest BCUT2D eigenvalue weighted by Crippen LogP contribution is -2.29. The number of hydrogen-bond acceptors (Lipinski definition) is 5. The summed E-state index contributed by atoms with van der Waals surface area (Å²) < 4.78 is 1.09. The zero-order valence-electron chi connectivity index (χ0n) is 14.0. The Balaban J connectivity index is 1.78. The molecule has 0 bridgehead atoms. The van der Waals surface area contributed by atoms with Crippen LogP contribution in [0.4, 0.5) is 5.69 Å². The number of nitrogens with one attached hydrogen (secondary N) is 1. The molecule has 2 aromatic heterocycles. The molecule has 0 aliphatic heterocycles. The molecule has 0 unspecified atom stereocenters. The van der Waals surface area contributed by atoms with Crippen molar-refractivity contribution in [1.82, 2.24) is 14.8 Å². The second kappa shape index (κ2) is 7.52. The molecule has 1 N–H and O–H groups in total. The third kappa shape index (κ3) is 4.07. The van der Waals surface area contributed by atoms with Crippen molar-refractivity contribution in [2.75, 3.05) is 5.32 Å². The smallest absolute Gasteiger partial charge is 0.267 e. The van der Waals surface area contributed by atoms with E-state index in [1.807, 2.05) is 6.07 Å². The van der Waals surface area contributed by atoms with Gasteiger partial charge in [-0.1, -0.05) is 12.1 Å². The number of anilines is 1. The maximum atomic E-state index is 12.3. The zero-order chi connectivity index (χ0) is 18.5. The first kappa shape index (κ1) is 17.2. The molecule has 3 rings (SSSR count). The second-order valence-electron chi connectivity index (χ2n) is 5.64. The Morgan fingerprint density at radius 1 is 1.12 bits per heavy atom. The highest BCUT2D eigenvalue weighted by molar-refractivity contribution is 5.97.